The molecule has 4 aliphatic rings. The third-order valence-corrected chi connectivity index (χ3v) is 12.7. The number of fused-ring (bicyclic) bond motifs is 1. The average Bonchev–Trinajstić information content (AvgIpc) is 3.73. The van der Waals surface area contributed by atoms with E-state index < -0.39 is 46.0 Å². The van der Waals surface area contributed by atoms with Gasteiger partial charge in [-0.1, -0.05) is 47.6 Å². The number of hydrogen-bond donors (Lipinski definition) is 2. The highest BCUT2D eigenvalue weighted by Crippen LogP contribution is 2.58. The van der Waals surface area contributed by atoms with Crippen LogP contribution in [0.3, 0.4) is 0 Å². The van der Waals surface area contributed by atoms with Crippen LogP contribution in [-0.4, -0.2) is 45.9 Å². The summed E-state index contributed by atoms with van der Waals surface area (Å²) in [6.07, 6.45) is 5.21. The van der Waals surface area contributed by atoms with E-state index >= 15 is 0 Å². The zero-order valence-corrected chi connectivity index (χ0v) is 27.8. The molecule has 0 radical (unpaired) electrons. The third kappa shape index (κ3) is 4.89. The lowest BCUT2D eigenvalue weighted by molar-refractivity contribution is -0.204. The van der Waals surface area contributed by atoms with Crippen molar-refractivity contribution in [3.63, 3.8) is 0 Å². The van der Waals surface area contributed by atoms with E-state index in [2.05, 4.69) is 20.8 Å². The van der Waals surface area contributed by atoms with Crippen LogP contribution in [0.1, 0.15) is 119 Å². The second-order valence-electron chi connectivity index (χ2n) is 15.9. The van der Waals surface area contributed by atoms with Gasteiger partial charge in [0.1, 0.15) is 17.8 Å². The first-order chi connectivity index (χ1) is 20.4. The smallest absolute Gasteiger partial charge is 0.313 e. The molecule has 244 valence electrons. The number of carbonyl (C=O) groups excluding carboxylic acids is 3. The summed E-state index contributed by atoms with van der Waals surface area (Å²) in [6, 6.07) is 4.76. The summed E-state index contributed by atoms with van der Waals surface area (Å²) in [5.41, 5.74) is -3.47. The fourth-order valence-electron chi connectivity index (χ4n) is 8.92. The van der Waals surface area contributed by atoms with E-state index in [1.165, 1.54) is 6.07 Å². The number of esters is 3. The zero-order chi connectivity index (χ0) is 32.5. The van der Waals surface area contributed by atoms with Crippen molar-refractivity contribution in [1.29, 1.82) is 0 Å². The van der Waals surface area contributed by atoms with Gasteiger partial charge in [0, 0.05) is 17.3 Å². The Balaban J connectivity index is 1.54. The number of rotatable bonds is 10. The normalized spacial score (nSPS) is 31.1. The number of aromatic hydroxyl groups is 2. The molecule has 5 rings (SSSR count). The highest BCUT2D eigenvalue weighted by atomic mass is 16.6. The Morgan fingerprint density at radius 1 is 0.932 bits per heavy atom. The summed E-state index contributed by atoms with van der Waals surface area (Å²) in [5.74, 6) is -1.45. The lowest BCUT2D eigenvalue weighted by atomic mass is 9.56. The zero-order valence-electron chi connectivity index (χ0n) is 27.8. The molecule has 0 aromatic heterocycles. The fourth-order valence-corrected chi connectivity index (χ4v) is 8.92. The van der Waals surface area contributed by atoms with E-state index in [4.69, 9.17) is 14.2 Å². The van der Waals surface area contributed by atoms with Crippen molar-refractivity contribution in [2.24, 2.45) is 34.0 Å². The van der Waals surface area contributed by atoms with Crippen LogP contribution in [0.2, 0.25) is 0 Å². The molecule has 3 aliphatic carbocycles. The van der Waals surface area contributed by atoms with Crippen molar-refractivity contribution in [2.45, 2.75) is 136 Å². The molecule has 2 N–H and O–H groups in total. The molecule has 2 bridgehead atoms. The monoisotopic (exact) mass is 612 g/mol. The Labute approximate surface area is 262 Å². The van der Waals surface area contributed by atoms with Crippen molar-refractivity contribution in [3.05, 3.63) is 23.8 Å². The second-order valence-corrected chi connectivity index (χ2v) is 15.9. The summed E-state index contributed by atoms with van der Waals surface area (Å²) in [5, 5.41) is 20.4. The van der Waals surface area contributed by atoms with Gasteiger partial charge in [-0.15, -0.1) is 0 Å². The van der Waals surface area contributed by atoms with Gasteiger partial charge in [0.15, 0.2) is 11.5 Å². The average molecular weight is 613 g/mol. The van der Waals surface area contributed by atoms with Gasteiger partial charge in [-0.25, -0.2) is 0 Å². The van der Waals surface area contributed by atoms with Crippen LogP contribution in [0, 0.1) is 34.0 Å². The number of carbonyl (C=O) groups is 3. The summed E-state index contributed by atoms with van der Waals surface area (Å²) in [4.78, 5) is 41.8. The maximum Gasteiger partial charge on any atom is 0.313 e. The first-order valence-electron chi connectivity index (χ1n) is 16.6. The van der Waals surface area contributed by atoms with Gasteiger partial charge in [0.2, 0.25) is 0 Å². The van der Waals surface area contributed by atoms with Crippen molar-refractivity contribution in [3.8, 4) is 11.5 Å². The molecular weight excluding hydrogens is 560 g/mol. The number of benzene rings is 1. The SMILES string of the molecule is CCC(C)(CC(C)(C(=O)OC1(C(C)(C)C)CCCC1)C(C)(CC)C(=O)OC1C2CC3C(=O)OC1C3C2)c1ccc(O)c(O)c1. The molecule has 1 heterocycles. The molecule has 1 saturated heterocycles. The first kappa shape index (κ1) is 32.6. The Morgan fingerprint density at radius 3 is 2.16 bits per heavy atom. The largest absolute Gasteiger partial charge is 0.504 e. The van der Waals surface area contributed by atoms with E-state index in [0.717, 1.165) is 37.7 Å². The van der Waals surface area contributed by atoms with Crippen LogP contribution in [0.4, 0.5) is 0 Å². The van der Waals surface area contributed by atoms with E-state index in [1.54, 1.807) is 12.1 Å². The molecule has 8 atom stereocenters. The van der Waals surface area contributed by atoms with E-state index in [1.807, 2.05) is 34.6 Å². The topological polar surface area (TPSA) is 119 Å². The molecule has 3 saturated carbocycles. The van der Waals surface area contributed by atoms with E-state index in [0.29, 0.717) is 19.3 Å². The summed E-state index contributed by atoms with van der Waals surface area (Å²) >= 11 is 0. The minimum Gasteiger partial charge on any atom is -0.504 e. The molecule has 0 amide bonds. The highest BCUT2D eigenvalue weighted by molar-refractivity contribution is 5.88. The fraction of sp³-hybridized carbons (Fsp3) is 0.750. The van der Waals surface area contributed by atoms with Gasteiger partial charge < -0.3 is 24.4 Å². The van der Waals surface area contributed by atoms with Crippen molar-refractivity contribution in [1.82, 2.24) is 0 Å². The van der Waals surface area contributed by atoms with E-state index in [-0.39, 0.29) is 47.1 Å². The first-order valence-corrected chi connectivity index (χ1v) is 16.6. The van der Waals surface area contributed by atoms with Crippen molar-refractivity contribution >= 4 is 17.9 Å². The molecule has 44 heavy (non-hydrogen) atoms. The predicted molar refractivity (Wildman–Crippen MR) is 165 cm³/mol. The standard InChI is InChI=1S/C36H52O8/c1-9-33(6,22-13-14-25(37)26(38)19-22)20-35(8,31(41)44-36(32(3,4)5)15-11-12-16-36)34(7,10-2)30(40)43-27-21-17-23-24(18-21)29(39)42-28(23)27/h13-14,19,21,23-24,27-28,37-38H,9-12,15-18,20H2,1-8H3. The molecule has 1 aromatic carbocycles. The highest BCUT2D eigenvalue weighted by Gasteiger charge is 2.65. The van der Waals surface area contributed by atoms with Crippen molar-refractivity contribution in [2.75, 3.05) is 0 Å². The van der Waals surface area contributed by atoms with Gasteiger partial charge in [-0.3, -0.25) is 14.4 Å². The minimum atomic E-state index is -1.33. The number of phenols is 2. The van der Waals surface area contributed by atoms with Gasteiger partial charge in [0.25, 0.3) is 0 Å². The molecule has 8 heteroatoms. The molecule has 4 fully saturated rings. The Bertz CT molecular complexity index is 1310. The molecule has 8 unspecified atom stereocenters. The summed E-state index contributed by atoms with van der Waals surface area (Å²) in [7, 11) is 0. The molecule has 1 aromatic rings. The number of hydrogen-bond acceptors (Lipinski definition) is 8. The Morgan fingerprint density at radius 2 is 1.59 bits per heavy atom. The number of phenolic OH excluding ortho intramolecular Hbond substituents is 2. The van der Waals surface area contributed by atoms with Crippen LogP contribution in [0.25, 0.3) is 0 Å². The van der Waals surface area contributed by atoms with Crippen LogP contribution < -0.4 is 0 Å². The third-order valence-electron chi connectivity index (χ3n) is 12.7. The van der Waals surface area contributed by atoms with Crippen molar-refractivity contribution < 1.29 is 38.8 Å². The molecule has 1 aliphatic heterocycles. The quantitative estimate of drug-likeness (QED) is 0.165. The second kappa shape index (κ2) is 10.9. The van der Waals surface area contributed by atoms with Crippen LogP contribution in [0.5, 0.6) is 11.5 Å². The maximum atomic E-state index is 14.9. The summed E-state index contributed by atoms with van der Waals surface area (Å²) in [6.45, 7) is 15.9. The summed E-state index contributed by atoms with van der Waals surface area (Å²) < 4.78 is 18.7. The molecule has 8 nitrogen and oxygen atoms in total. The Hall–Kier alpha value is -2.77. The predicted octanol–water partition coefficient (Wildman–Crippen LogP) is 6.97. The van der Waals surface area contributed by atoms with Crippen LogP contribution in [0.15, 0.2) is 18.2 Å². The molecule has 0 spiro atoms. The lowest BCUT2D eigenvalue weighted by Crippen LogP contribution is -2.57. The van der Waals surface area contributed by atoms with Crippen LogP contribution >= 0.6 is 0 Å². The maximum absolute atomic E-state index is 14.9. The van der Waals surface area contributed by atoms with Crippen LogP contribution in [-0.2, 0) is 34.0 Å². The molecular formula is C36H52O8. The number of ether oxygens (including phenoxy) is 3. The van der Waals surface area contributed by atoms with Gasteiger partial charge >= 0.3 is 17.9 Å². The van der Waals surface area contributed by atoms with Gasteiger partial charge in [0.05, 0.1) is 16.7 Å². The van der Waals surface area contributed by atoms with Gasteiger partial charge in [-0.2, -0.15) is 0 Å². The Kier molecular flexibility index (Phi) is 8.11. The lowest BCUT2D eigenvalue weighted by Gasteiger charge is -2.50. The van der Waals surface area contributed by atoms with Gasteiger partial charge in [-0.05, 0) is 94.7 Å². The van der Waals surface area contributed by atoms with E-state index in [9.17, 15) is 24.6 Å². The minimum absolute atomic E-state index is 0.0771.